The van der Waals surface area contributed by atoms with E-state index in [9.17, 15) is 5.11 Å². The van der Waals surface area contributed by atoms with Crippen LogP contribution in [0.15, 0.2) is 46.9 Å². The van der Waals surface area contributed by atoms with Crippen LogP contribution < -0.4 is 0 Å². The highest BCUT2D eigenvalue weighted by Gasteiger charge is 2.30. The van der Waals surface area contributed by atoms with Gasteiger partial charge in [-0.15, -0.1) is 0 Å². The summed E-state index contributed by atoms with van der Waals surface area (Å²) in [6.45, 7) is 3.76. The van der Waals surface area contributed by atoms with E-state index >= 15 is 0 Å². The van der Waals surface area contributed by atoms with Crippen molar-refractivity contribution in [3.05, 3.63) is 68.7 Å². The van der Waals surface area contributed by atoms with Crippen LogP contribution in [0.4, 0.5) is 0 Å². The van der Waals surface area contributed by atoms with E-state index in [1.54, 1.807) is 13.0 Å². The van der Waals surface area contributed by atoms with E-state index in [-0.39, 0.29) is 0 Å². The molecule has 0 bridgehead atoms. The summed E-state index contributed by atoms with van der Waals surface area (Å²) in [4.78, 5) is 0. The van der Waals surface area contributed by atoms with Crippen LogP contribution in [0.1, 0.15) is 23.6 Å². The lowest BCUT2D eigenvalue weighted by molar-refractivity contribution is 0.101. The Labute approximate surface area is 121 Å². The average molecular weight is 326 g/mol. The van der Waals surface area contributed by atoms with Crippen molar-refractivity contribution in [2.45, 2.75) is 19.4 Å². The van der Waals surface area contributed by atoms with Crippen molar-refractivity contribution in [2.24, 2.45) is 0 Å². The summed E-state index contributed by atoms with van der Waals surface area (Å²) < 4.78 is 0.807. The predicted molar refractivity (Wildman–Crippen MR) is 79.0 cm³/mol. The zero-order valence-corrected chi connectivity index (χ0v) is 12.6. The number of halogens is 2. The average Bonchev–Trinajstić information content (AvgIpc) is 2.28. The summed E-state index contributed by atoms with van der Waals surface area (Å²) >= 11 is 9.67. The number of hydrogen-bond donors (Lipinski definition) is 1. The molecule has 0 aromatic heterocycles. The van der Waals surface area contributed by atoms with E-state index in [0.717, 1.165) is 15.6 Å². The molecule has 3 heteroatoms. The number of benzene rings is 2. The lowest BCUT2D eigenvalue weighted by Crippen LogP contribution is -2.24. The van der Waals surface area contributed by atoms with Gasteiger partial charge in [-0.05, 0) is 31.5 Å². The van der Waals surface area contributed by atoms with E-state index in [0.29, 0.717) is 10.6 Å². The van der Waals surface area contributed by atoms with Crippen LogP contribution >= 0.6 is 27.5 Å². The Balaban J connectivity index is 2.61. The van der Waals surface area contributed by atoms with Crippen LogP contribution in [0.25, 0.3) is 0 Å². The monoisotopic (exact) mass is 324 g/mol. The molecule has 0 saturated heterocycles. The first kappa shape index (κ1) is 13.6. The molecule has 94 valence electrons. The maximum atomic E-state index is 10.8. The van der Waals surface area contributed by atoms with Crippen molar-refractivity contribution in [2.75, 3.05) is 0 Å². The number of hydrogen-bond acceptors (Lipinski definition) is 1. The maximum absolute atomic E-state index is 10.8. The van der Waals surface area contributed by atoms with E-state index in [1.165, 1.54) is 0 Å². The molecule has 0 heterocycles. The van der Waals surface area contributed by atoms with Crippen molar-refractivity contribution >= 4 is 27.5 Å². The largest absolute Gasteiger partial charge is 0.381 e. The van der Waals surface area contributed by atoms with E-state index in [1.807, 2.05) is 43.3 Å². The van der Waals surface area contributed by atoms with Crippen LogP contribution in [0, 0.1) is 6.92 Å². The van der Waals surface area contributed by atoms with Gasteiger partial charge in [0.2, 0.25) is 0 Å². The topological polar surface area (TPSA) is 20.2 Å². The summed E-state index contributed by atoms with van der Waals surface area (Å²) in [6.07, 6.45) is 0. The van der Waals surface area contributed by atoms with Crippen molar-refractivity contribution in [3.8, 4) is 0 Å². The Morgan fingerprint density at radius 2 is 1.83 bits per heavy atom. The summed E-state index contributed by atoms with van der Waals surface area (Å²) in [7, 11) is 0. The number of aliphatic hydroxyl groups is 1. The Morgan fingerprint density at radius 1 is 1.17 bits per heavy atom. The molecule has 2 aromatic carbocycles. The molecule has 2 aromatic rings. The van der Waals surface area contributed by atoms with Gasteiger partial charge in [-0.25, -0.2) is 0 Å². The third kappa shape index (κ3) is 2.46. The fourth-order valence-corrected chi connectivity index (χ4v) is 3.28. The SMILES string of the molecule is Cc1cccc(C(C)(O)c2c(Cl)cccc2Br)c1. The van der Waals surface area contributed by atoms with Crippen molar-refractivity contribution < 1.29 is 5.11 Å². The van der Waals surface area contributed by atoms with Crippen molar-refractivity contribution in [3.63, 3.8) is 0 Å². The maximum Gasteiger partial charge on any atom is 0.114 e. The van der Waals surface area contributed by atoms with E-state index < -0.39 is 5.60 Å². The molecule has 0 saturated carbocycles. The van der Waals surface area contributed by atoms with Gasteiger partial charge in [-0.3, -0.25) is 0 Å². The van der Waals surface area contributed by atoms with Crippen molar-refractivity contribution in [1.29, 1.82) is 0 Å². The third-order valence-electron chi connectivity index (χ3n) is 3.03. The predicted octanol–water partition coefficient (Wildman–Crippen LogP) is 4.67. The van der Waals surface area contributed by atoms with Crippen LogP contribution in [0.2, 0.25) is 5.02 Å². The van der Waals surface area contributed by atoms with Crippen LogP contribution in [0.5, 0.6) is 0 Å². The first-order valence-corrected chi connectivity index (χ1v) is 6.84. The zero-order chi connectivity index (χ0) is 13.3. The van der Waals surface area contributed by atoms with Gasteiger partial charge in [0, 0.05) is 15.1 Å². The highest BCUT2D eigenvalue weighted by Crippen LogP contribution is 2.38. The quantitative estimate of drug-likeness (QED) is 0.851. The van der Waals surface area contributed by atoms with E-state index in [4.69, 9.17) is 11.6 Å². The fourth-order valence-electron chi connectivity index (χ4n) is 2.06. The second-order valence-corrected chi connectivity index (χ2v) is 5.80. The Bertz CT molecular complexity index is 558. The molecule has 1 atom stereocenters. The normalized spacial score (nSPS) is 14.3. The van der Waals surface area contributed by atoms with Gasteiger partial charge in [0.05, 0.1) is 0 Å². The van der Waals surface area contributed by atoms with Gasteiger partial charge >= 0.3 is 0 Å². The van der Waals surface area contributed by atoms with Gasteiger partial charge in [0.15, 0.2) is 0 Å². The number of aryl methyl sites for hydroxylation is 1. The lowest BCUT2D eigenvalue weighted by atomic mass is 9.87. The van der Waals surface area contributed by atoms with Crippen LogP contribution in [-0.2, 0) is 5.60 Å². The standard InChI is InChI=1S/C15H14BrClO/c1-10-5-3-6-11(9-10)15(2,18)14-12(16)7-4-8-13(14)17/h3-9,18H,1-2H3. The van der Waals surface area contributed by atoms with Gasteiger partial charge in [-0.1, -0.05) is 63.4 Å². The summed E-state index contributed by atoms with van der Waals surface area (Å²) in [5.74, 6) is 0. The molecule has 2 rings (SSSR count). The molecule has 1 nitrogen and oxygen atoms in total. The minimum Gasteiger partial charge on any atom is -0.381 e. The molecule has 0 aliphatic carbocycles. The zero-order valence-electron chi connectivity index (χ0n) is 10.2. The van der Waals surface area contributed by atoms with Gasteiger partial charge in [-0.2, -0.15) is 0 Å². The first-order chi connectivity index (χ1) is 8.43. The molecule has 18 heavy (non-hydrogen) atoms. The first-order valence-electron chi connectivity index (χ1n) is 5.67. The second kappa shape index (κ2) is 5.04. The molecule has 0 aliphatic rings. The molecular weight excluding hydrogens is 312 g/mol. The number of rotatable bonds is 2. The van der Waals surface area contributed by atoms with Crippen LogP contribution in [-0.4, -0.2) is 5.11 Å². The molecule has 0 fully saturated rings. The highest BCUT2D eigenvalue weighted by atomic mass is 79.9. The van der Waals surface area contributed by atoms with Gasteiger partial charge in [0.1, 0.15) is 5.60 Å². The fraction of sp³-hybridized carbons (Fsp3) is 0.200. The Kier molecular flexibility index (Phi) is 3.81. The molecule has 0 amide bonds. The molecule has 0 radical (unpaired) electrons. The minimum atomic E-state index is -1.12. The smallest absolute Gasteiger partial charge is 0.114 e. The second-order valence-electron chi connectivity index (χ2n) is 4.54. The summed E-state index contributed by atoms with van der Waals surface area (Å²) in [6, 6.07) is 13.3. The summed E-state index contributed by atoms with van der Waals surface area (Å²) in [5, 5.41) is 11.4. The molecule has 0 aliphatic heterocycles. The summed E-state index contributed by atoms with van der Waals surface area (Å²) in [5.41, 5.74) is 1.51. The minimum absolute atomic E-state index is 0.552. The molecule has 1 N–H and O–H groups in total. The molecular formula is C15H14BrClO. The molecule has 1 unspecified atom stereocenters. The third-order valence-corrected chi connectivity index (χ3v) is 4.01. The molecule has 0 spiro atoms. The van der Waals surface area contributed by atoms with E-state index in [2.05, 4.69) is 15.9 Å². The van der Waals surface area contributed by atoms with Gasteiger partial charge in [0.25, 0.3) is 0 Å². The Morgan fingerprint density at radius 3 is 2.44 bits per heavy atom. The van der Waals surface area contributed by atoms with Crippen LogP contribution in [0.3, 0.4) is 0 Å². The Hall–Kier alpha value is -0.830. The highest BCUT2D eigenvalue weighted by molar-refractivity contribution is 9.10. The van der Waals surface area contributed by atoms with Crippen molar-refractivity contribution in [1.82, 2.24) is 0 Å². The van der Waals surface area contributed by atoms with Gasteiger partial charge < -0.3 is 5.11 Å². The lowest BCUT2D eigenvalue weighted by Gasteiger charge is -2.27.